The number of benzene rings is 1. The molecule has 1 aromatic heterocycles. The van der Waals surface area contributed by atoms with Crippen LogP contribution in [0.4, 0.5) is 11.5 Å². The summed E-state index contributed by atoms with van der Waals surface area (Å²) in [7, 11) is 3.23. The fraction of sp³-hybridized carbons (Fsp3) is 0.333. The molecule has 1 amide bonds. The molecule has 7 nitrogen and oxygen atoms in total. The molecule has 1 heterocycles. The Morgan fingerprint density at radius 3 is 2.60 bits per heavy atom. The highest BCUT2D eigenvalue weighted by Crippen LogP contribution is 2.25. The molecule has 0 atom stereocenters. The quantitative estimate of drug-likeness (QED) is 0.644. The van der Waals surface area contributed by atoms with Crippen molar-refractivity contribution in [3.63, 3.8) is 0 Å². The lowest BCUT2D eigenvalue weighted by molar-refractivity contribution is -0.118. The van der Waals surface area contributed by atoms with Crippen molar-refractivity contribution in [1.82, 2.24) is 4.98 Å². The SMILES string of the molecule is COCCCNc1ccc(NC(=O)COc2ccccc2OC)cn1. The predicted octanol–water partition coefficient (Wildman–Crippen LogP) is 2.56. The van der Waals surface area contributed by atoms with Crippen molar-refractivity contribution in [2.24, 2.45) is 0 Å². The van der Waals surface area contributed by atoms with Crippen molar-refractivity contribution >= 4 is 17.4 Å². The molecule has 0 saturated heterocycles. The van der Waals surface area contributed by atoms with Crippen LogP contribution in [0, 0.1) is 0 Å². The summed E-state index contributed by atoms with van der Waals surface area (Å²) in [5, 5.41) is 5.92. The van der Waals surface area contributed by atoms with Crippen molar-refractivity contribution < 1.29 is 19.0 Å². The number of pyridine rings is 1. The van der Waals surface area contributed by atoms with E-state index in [4.69, 9.17) is 14.2 Å². The summed E-state index contributed by atoms with van der Waals surface area (Å²) in [4.78, 5) is 16.2. The van der Waals surface area contributed by atoms with Gasteiger partial charge in [0.25, 0.3) is 5.91 Å². The standard InChI is InChI=1S/C18H23N3O4/c1-23-11-5-10-19-17-9-8-14(12-20-17)21-18(22)13-25-16-7-4-3-6-15(16)24-2/h3-4,6-9,12H,5,10-11,13H2,1-2H3,(H,19,20)(H,21,22). The first-order valence-electron chi connectivity index (χ1n) is 7.97. The summed E-state index contributed by atoms with van der Waals surface area (Å²) in [6.07, 6.45) is 2.50. The summed E-state index contributed by atoms with van der Waals surface area (Å²) in [5.74, 6) is 1.59. The van der Waals surface area contributed by atoms with Crippen molar-refractivity contribution in [2.45, 2.75) is 6.42 Å². The maximum atomic E-state index is 12.0. The van der Waals surface area contributed by atoms with E-state index in [2.05, 4.69) is 15.6 Å². The first-order valence-corrected chi connectivity index (χ1v) is 7.97. The summed E-state index contributed by atoms with van der Waals surface area (Å²) in [6.45, 7) is 1.37. The third kappa shape index (κ3) is 6.31. The number of aromatic nitrogens is 1. The van der Waals surface area contributed by atoms with E-state index in [9.17, 15) is 4.79 Å². The Hall–Kier alpha value is -2.80. The predicted molar refractivity (Wildman–Crippen MR) is 96.3 cm³/mol. The van der Waals surface area contributed by atoms with Gasteiger partial charge >= 0.3 is 0 Å². The van der Waals surface area contributed by atoms with Gasteiger partial charge in [0.1, 0.15) is 5.82 Å². The van der Waals surface area contributed by atoms with Crippen LogP contribution in [0.15, 0.2) is 42.6 Å². The Kier molecular flexibility index (Phi) is 7.52. The molecule has 0 saturated carbocycles. The minimum atomic E-state index is -0.270. The van der Waals surface area contributed by atoms with E-state index in [0.717, 1.165) is 18.8 Å². The summed E-state index contributed by atoms with van der Waals surface area (Å²) in [5.41, 5.74) is 0.607. The van der Waals surface area contributed by atoms with E-state index in [1.807, 2.05) is 18.2 Å². The minimum Gasteiger partial charge on any atom is -0.493 e. The highest BCUT2D eigenvalue weighted by molar-refractivity contribution is 5.91. The van der Waals surface area contributed by atoms with E-state index in [1.54, 1.807) is 38.6 Å². The molecule has 2 aromatic rings. The van der Waals surface area contributed by atoms with Crippen LogP contribution in [0.2, 0.25) is 0 Å². The molecule has 134 valence electrons. The number of para-hydroxylation sites is 2. The number of nitrogens with one attached hydrogen (secondary N) is 2. The van der Waals surface area contributed by atoms with Crippen LogP contribution >= 0.6 is 0 Å². The number of carbonyl (C=O) groups is 1. The van der Waals surface area contributed by atoms with Crippen molar-refractivity contribution in [1.29, 1.82) is 0 Å². The van der Waals surface area contributed by atoms with Gasteiger partial charge in [-0.3, -0.25) is 4.79 Å². The molecule has 2 rings (SSSR count). The van der Waals surface area contributed by atoms with Crippen LogP contribution in [0.1, 0.15) is 6.42 Å². The number of nitrogens with zero attached hydrogens (tertiary/aromatic N) is 1. The Labute approximate surface area is 147 Å². The zero-order valence-electron chi connectivity index (χ0n) is 14.5. The van der Waals surface area contributed by atoms with Crippen LogP contribution in [-0.4, -0.2) is 44.9 Å². The molecule has 0 radical (unpaired) electrons. The summed E-state index contributed by atoms with van der Waals surface area (Å²) >= 11 is 0. The number of ether oxygens (including phenoxy) is 3. The molecule has 0 fully saturated rings. The van der Waals surface area contributed by atoms with E-state index < -0.39 is 0 Å². The number of methoxy groups -OCH3 is 2. The summed E-state index contributed by atoms with van der Waals surface area (Å²) in [6, 6.07) is 10.8. The van der Waals surface area contributed by atoms with Crippen LogP contribution in [0.5, 0.6) is 11.5 Å². The number of hydrogen-bond acceptors (Lipinski definition) is 6. The highest BCUT2D eigenvalue weighted by Gasteiger charge is 2.07. The lowest BCUT2D eigenvalue weighted by Gasteiger charge is -2.11. The highest BCUT2D eigenvalue weighted by atomic mass is 16.5. The molecule has 0 bridgehead atoms. The van der Waals surface area contributed by atoms with Gasteiger partial charge in [-0.1, -0.05) is 12.1 Å². The molecule has 7 heteroatoms. The Morgan fingerprint density at radius 2 is 1.92 bits per heavy atom. The van der Waals surface area contributed by atoms with Crippen molar-refractivity contribution in [3.05, 3.63) is 42.6 Å². The minimum absolute atomic E-state index is 0.114. The van der Waals surface area contributed by atoms with Gasteiger partial charge in [0.15, 0.2) is 18.1 Å². The van der Waals surface area contributed by atoms with E-state index >= 15 is 0 Å². The summed E-state index contributed by atoms with van der Waals surface area (Å²) < 4.78 is 15.6. The first kappa shape index (κ1) is 18.5. The average Bonchev–Trinajstić information content (AvgIpc) is 2.65. The lowest BCUT2D eigenvalue weighted by Crippen LogP contribution is -2.20. The molecule has 0 unspecified atom stereocenters. The van der Waals surface area contributed by atoms with Gasteiger partial charge in [-0.15, -0.1) is 0 Å². The molecule has 0 aliphatic rings. The van der Waals surface area contributed by atoms with Gasteiger partial charge < -0.3 is 24.8 Å². The largest absolute Gasteiger partial charge is 0.493 e. The normalized spacial score (nSPS) is 10.2. The second-order valence-corrected chi connectivity index (χ2v) is 5.19. The molecule has 25 heavy (non-hydrogen) atoms. The number of amides is 1. The van der Waals surface area contributed by atoms with Gasteiger partial charge in [0.05, 0.1) is 19.0 Å². The number of anilines is 2. The maximum absolute atomic E-state index is 12.0. The van der Waals surface area contributed by atoms with Gasteiger partial charge in [0.2, 0.25) is 0 Å². The Morgan fingerprint density at radius 1 is 1.12 bits per heavy atom. The van der Waals surface area contributed by atoms with Gasteiger partial charge in [-0.05, 0) is 30.7 Å². The van der Waals surface area contributed by atoms with E-state index in [1.165, 1.54) is 0 Å². The average molecular weight is 345 g/mol. The van der Waals surface area contributed by atoms with Gasteiger partial charge in [-0.25, -0.2) is 4.98 Å². The zero-order valence-corrected chi connectivity index (χ0v) is 14.5. The fourth-order valence-corrected chi connectivity index (χ4v) is 2.08. The lowest BCUT2D eigenvalue weighted by atomic mass is 10.3. The fourth-order valence-electron chi connectivity index (χ4n) is 2.08. The third-order valence-electron chi connectivity index (χ3n) is 3.31. The molecule has 1 aromatic carbocycles. The molecular weight excluding hydrogens is 322 g/mol. The maximum Gasteiger partial charge on any atom is 0.262 e. The van der Waals surface area contributed by atoms with E-state index in [-0.39, 0.29) is 12.5 Å². The monoisotopic (exact) mass is 345 g/mol. The Balaban J connectivity index is 1.78. The van der Waals surface area contributed by atoms with Crippen LogP contribution in [0.3, 0.4) is 0 Å². The molecule has 0 spiro atoms. The van der Waals surface area contributed by atoms with Crippen LogP contribution in [-0.2, 0) is 9.53 Å². The van der Waals surface area contributed by atoms with Gasteiger partial charge in [-0.2, -0.15) is 0 Å². The number of hydrogen-bond donors (Lipinski definition) is 2. The first-order chi connectivity index (χ1) is 12.2. The molecular formula is C18H23N3O4. The van der Waals surface area contributed by atoms with Gasteiger partial charge in [0, 0.05) is 20.3 Å². The topological polar surface area (TPSA) is 81.7 Å². The van der Waals surface area contributed by atoms with Crippen molar-refractivity contribution in [3.8, 4) is 11.5 Å². The second-order valence-electron chi connectivity index (χ2n) is 5.19. The number of rotatable bonds is 10. The Bertz CT molecular complexity index is 662. The smallest absolute Gasteiger partial charge is 0.262 e. The van der Waals surface area contributed by atoms with Crippen LogP contribution < -0.4 is 20.1 Å². The van der Waals surface area contributed by atoms with Crippen molar-refractivity contribution in [2.75, 3.05) is 44.6 Å². The third-order valence-corrected chi connectivity index (χ3v) is 3.31. The zero-order chi connectivity index (χ0) is 17.9. The molecule has 0 aliphatic heterocycles. The second kappa shape index (κ2) is 10.1. The molecule has 2 N–H and O–H groups in total. The van der Waals surface area contributed by atoms with Crippen LogP contribution in [0.25, 0.3) is 0 Å². The molecule has 0 aliphatic carbocycles. The number of carbonyl (C=O) groups excluding carboxylic acids is 1. The van der Waals surface area contributed by atoms with E-state index in [0.29, 0.717) is 23.8 Å².